The quantitative estimate of drug-likeness (QED) is 0.583. The van der Waals surface area contributed by atoms with E-state index in [4.69, 9.17) is 14.6 Å². The highest BCUT2D eigenvalue weighted by atomic mass is 32.2. The molecule has 0 aliphatic carbocycles. The van der Waals surface area contributed by atoms with E-state index in [0.29, 0.717) is 24.7 Å². The number of rotatable bonds is 5. The van der Waals surface area contributed by atoms with Crippen molar-refractivity contribution in [2.75, 3.05) is 19.0 Å². The summed E-state index contributed by atoms with van der Waals surface area (Å²) < 4.78 is 29.3. The van der Waals surface area contributed by atoms with Crippen LogP contribution in [0.15, 0.2) is 52.0 Å². The Balaban J connectivity index is 1.73. The number of anilines is 1. The van der Waals surface area contributed by atoms with Gasteiger partial charge < -0.3 is 14.8 Å². The van der Waals surface area contributed by atoms with E-state index in [2.05, 4.69) is 19.8 Å². The Morgan fingerprint density at radius 3 is 2.94 bits per heavy atom. The van der Waals surface area contributed by atoms with E-state index in [1.807, 2.05) is 38.1 Å². The lowest BCUT2D eigenvalue weighted by atomic mass is 9.94. The van der Waals surface area contributed by atoms with E-state index in [0.717, 1.165) is 23.1 Å². The van der Waals surface area contributed by atoms with Gasteiger partial charge in [0, 0.05) is 30.8 Å². The maximum Gasteiger partial charge on any atom is 0.354 e. The monoisotopic (exact) mass is 470 g/mol. The molecule has 1 aromatic carbocycles. The number of benzene rings is 1. The van der Waals surface area contributed by atoms with Crippen LogP contribution in [0.25, 0.3) is 11.1 Å². The van der Waals surface area contributed by atoms with Crippen LogP contribution >= 0.6 is 0 Å². The average molecular weight is 471 g/mol. The number of carbonyl (C=O) groups excluding carboxylic acids is 1. The van der Waals surface area contributed by atoms with Gasteiger partial charge in [0.1, 0.15) is 4.90 Å². The Kier molecular flexibility index (Phi) is 6.34. The summed E-state index contributed by atoms with van der Waals surface area (Å²) >= 11 is 0. The Hall–Kier alpha value is -3.44. The average Bonchev–Trinajstić information content (AvgIpc) is 3.24. The summed E-state index contributed by atoms with van der Waals surface area (Å²) in [4.78, 5) is 17.2. The summed E-state index contributed by atoms with van der Waals surface area (Å²) in [5, 5.41) is 12.9. The van der Waals surface area contributed by atoms with Crippen molar-refractivity contribution < 1.29 is 18.5 Å². The SMILES string of the molecule is COc1cc(-c2cccc(C(C)C)c2NC(=O)N=S(N)(=O)c2cnn3c2OCCC3)ccn1. The van der Waals surface area contributed by atoms with Crippen molar-refractivity contribution in [2.24, 2.45) is 9.50 Å². The van der Waals surface area contributed by atoms with Crippen molar-refractivity contribution in [3.05, 3.63) is 48.3 Å². The second-order valence-electron chi connectivity index (χ2n) is 7.84. The van der Waals surface area contributed by atoms with Gasteiger partial charge in [0.05, 0.1) is 25.6 Å². The number of para-hydroxylation sites is 1. The Bertz CT molecular complexity index is 1310. The maximum atomic E-state index is 13.2. The normalized spacial score (nSPS) is 14.7. The van der Waals surface area contributed by atoms with Gasteiger partial charge in [-0.05, 0) is 23.1 Å². The molecule has 0 saturated heterocycles. The highest BCUT2D eigenvalue weighted by molar-refractivity contribution is 7.91. The number of hydrogen-bond donors (Lipinski definition) is 2. The topological polar surface area (TPSA) is 134 Å². The first-order valence-corrected chi connectivity index (χ1v) is 12.1. The van der Waals surface area contributed by atoms with E-state index < -0.39 is 15.9 Å². The number of ether oxygens (including phenoxy) is 2. The van der Waals surface area contributed by atoms with Crippen LogP contribution in [0, 0.1) is 0 Å². The summed E-state index contributed by atoms with van der Waals surface area (Å²) in [5.74, 6) is 0.833. The van der Waals surface area contributed by atoms with Crippen LogP contribution in [0.3, 0.4) is 0 Å². The van der Waals surface area contributed by atoms with Crippen molar-refractivity contribution in [1.29, 1.82) is 0 Å². The van der Waals surface area contributed by atoms with Gasteiger partial charge in [-0.2, -0.15) is 5.10 Å². The number of pyridine rings is 1. The van der Waals surface area contributed by atoms with Crippen LogP contribution in [-0.2, 0) is 16.5 Å². The molecule has 3 N–H and O–H groups in total. The van der Waals surface area contributed by atoms with Gasteiger partial charge in [-0.1, -0.05) is 32.0 Å². The number of carbonyl (C=O) groups is 1. The molecular weight excluding hydrogens is 444 g/mol. The highest BCUT2D eigenvalue weighted by Gasteiger charge is 2.24. The highest BCUT2D eigenvalue weighted by Crippen LogP contribution is 2.36. The fraction of sp³-hybridized carbons (Fsp3) is 0.318. The smallest absolute Gasteiger partial charge is 0.354 e. The largest absolute Gasteiger partial charge is 0.481 e. The van der Waals surface area contributed by atoms with Gasteiger partial charge in [0.15, 0.2) is 9.92 Å². The minimum atomic E-state index is -3.57. The molecule has 0 radical (unpaired) electrons. The summed E-state index contributed by atoms with van der Waals surface area (Å²) in [7, 11) is -2.04. The molecule has 1 aliphatic heterocycles. The molecule has 0 saturated carbocycles. The van der Waals surface area contributed by atoms with Crippen molar-refractivity contribution in [3.63, 3.8) is 0 Å². The standard InChI is InChI=1S/C22H26N6O4S/c1-14(2)16-6-4-7-17(15-8-9-24-19(12-15)31-3)20(16)26-22(29)27-33(23,30)18-13-25-28-10-5-11-32-21(18)28/h4,6-9,12-14H,5,10-11H2,1-3H3,(H3,23,26,27,29,30). The van der Waals surface area contributed by atoms with Crippen LogP contribution in [-0.4, -0.2) is 38.7 Å². The van der Waals surface area contributed by atoms with Crippen LogP contribution in [0.1, 0.15) is 31.7 Å². The second-order valence-corrected chi connectivity index (χ2v) is 9.60. The lowest BCUT2D eigenvalue weighted by molar-refractivity contribution is 0.224. The zero-order valence-electron chi connectivity index (χ0n) is 18.6. The molecule has 33 heavy (non-hydrogen) atoms. The molecule has 0 bridgehead atoms. The molecule has 2 aromatic heterocycles. The van der Waals surface area contributed by atoms with Gasteiger partial charge in [-0.15, -0.1) is 4.36 Å². The third-order valence-electron chi connectivity index (χ3n) is 5.25. The van der Waals surface area contributed by atoms with Crippen LogP contribution in [0.2, 0.25) is 0 Å². The number of aromatic nitrogens is 3. The number of methoxy groups -OCH3 is 1. The number of amides is 2. The van der Waals surface area contributed by atoms with E-state index in [-0.39, 0.29) is 16.7 Å². The minimum absolute atomic E-state index is 0.0994. The molecule has 11 heteroatoms. The summed E-state index contributed by atoms with van der Waals surface area (Å²) in [6, 6.07) is 8.47. The third kappa shape index (κ3) is 4.69. The Morgan fingerprint density at radius 2 is 2.18 bits per heavy atom. The number of nitrogens with zero attached hydrogens (tertiary/aromatic N) is 4. The molecule has 1 atom stereocenters. The van der Waals surface area contributed by atoms with E-state index >= 15 is 0 Å². The van der Waals surface area contributed by atoms with Gasteiger partial charge in [0.2, 0.25) is 11.8 Å². The Labute approximate surface area is 192 Å². The molecule has 0 spiro atoms. The first kappa shape index (κ1) is 22.7. The van der Waals surface area contributed by atoms with Crippen molar-refractivity contribution in [2.45, 2.75) is 37.6 Å². The number of nitrogens with two attached hydrogens (primary N) is 1. The van der Waals surface area contributed by atoms with E-state index in [1.165, 1.54) is 13.3 Å². The molecule has 2 amide bonds. The Morgan fingerprint density at radius 1 is 1.36 bits per heavy atom. The molecule has 10 nitrogen and oxygen atoms in total. The molecule has 4 rings (SSSR count). The fourth-order valence-electron chi connectivity index (χ4n) is 3.67. The minimum Gasteiger partial charge on any atom is -0.481 e. The molecule has 174 valence electrons. The van der Waals surface area contributed by atoms with Crippen LogP contribution in [0.4, 0.5) is 10.5 Å². The summed E-state index contributed by atoms with van der Waals surface area (Å²) in [5.41, 5.74) is 2.99. The predicted molar refractivity (Wildman–Crippen MR) is 125 cm³/mol. The second kappa shape index (κ2) is 9.20. The molecular formula is C22H26N6O4S. The first-order valence-electron chi connectivity index (χ1n) is 10.5. The van der Waals surface area contributed by atoms with Gasteiger partial charge in [-0.3, -0.25) is 0 Å². The number of fused-ring (bicyclic) bond motifs is 1. The van der Waals surface area contributed by atoms with E-state index in [9.17, 15) is 9.00 Å². The number of hydrogen-bond acceptors (Lipinski definition) is 6. The molecule has 0 fully saturated rings. The number of nitrogens with one attached hydrogen (secondary N) is 1. The van der Waals surface area contributed by atoms with Gasteiger partial charge >= 0.3 is 6.03 Å². The molecule has 3 heterocycles. The zero-order chi connectivity index (χ0) is 23.6. The lowest BCUT2D eigenvalue weighted by Crippen LogP contribution is -2.21. The zero-order valence-corrected chi connectivity index (χ0v) is 19.5. The first-order chi connectivity index (χ1) is 15.8. The van der Waals surface area contributed by atoms with Crippen LogP contribution < -0.4 is 19.9 Å². The molecule has 3 aromatic rings. The lowest BCUT2D eigenvalue weighted by Gasteiger charge is -2.18. The van der Waals surface area contributed by atoms with Crippen molar-refractivity contribution in [3.8, 4) is 22.9 Å². The van der Waals surface area contributed by atoms with Gasteiger partial charge in [-0.25, -0.2) is 23.8 Å². The van der Waals surface area contributed by atoms with E-state index in [1.54, 1.807) is 16.9 Å². The summed E-state index contributed by atoms with van der Waals surface area (Å²) in [6.45, 7) is 5.11. The molecule has 1 unspecified atom stereocenters. The van der Waals surface area contributed by atoms with Crippen molar-refractivity contribution >= 4 is 21.6 Å². The predicted octanol–water partition coefficient (Wildman–Crippen LogP) is 3.79. The fourth-order valence-corrected chi connectivity index (χ4v) is 4.67. The van der Waals surface area contributed by atoms with Crippen LogP contribution in [0.5, 0.6) is 11.8 Å². The summed E-state index contributed by atoms with van der Waals surface area (Å²) in [6.07, 6.45) is 3.75. The third-order valence-corrected chi connectivity index (χ3v) is 6.60. The molecule has 1 aliphatic rings. The number of aryl methyl sites for hydroxylation is 1. The maximum absolute atomic E-state index is 13.2. The number of urea groups is 1. The van der Waals surface area contributed by atoms with Gasteiger partial charge in [0.25, 0.3) is 0 Å². The van der Waals surface area contributed by atoms with Crippen molar-refractivity contribution in [1.82, 2.24) is 14.8 Å².